The SMILES string of the molecule is O=C(Nc1nc(-c2ccco2)cs1)c1n[nH]c2ccccc12. The molecule has 0 aliphatic heterocycles. The van der Waals surface area contributed by atoms with Crippen molar-refractivity contribution in [3.63, 3.8) is 0 Å². The summed E-state index contributed by atoms with van der Waals surface area (Å²) >= 11 is 1.34. The van der Waals surface area contributed by atoms with Gasteiger partial charge in [-0.05, 0) is 18.2 Å². The summed E-state index contributed by atoms with van der Waals surface area (Å²) in [5.41, 5.74) is 1.87. The number of carbonyl (C=O) groups is 1. The number of carbonyl (C=O) groups excluding carboxylic acids is 1. The van der Waals surface area contributed by atoms with Crippen molar-refractivity contribution in [2.45, 2.75) is 0 Å². The van der Waals surface area contributed by atoms with Gasteiger partial charge < -0.3 is 4.42 Å². The topological polar surface area (TPSA) is 83.8 Å². The molecule has 0 aliphatic rings. The highest BCUT2D eigenvalue weighted by atomic mass is 32.1. The van der Waals surface area contributed by atoms with Crippen molar-refractivity contribution in [1.29, 1.82) is 0 Å². The second-order valence-corrected chi connectivity index (χ2v) is 5.45. The van der Waals surface area contributed by atoms with Crippen LogP contribution in [-0.4, -0.2) is 21.1 Å². The first-order valence-electron chi connectivity index (χ1n) is 6.55. The van der Waals surface area contributed by atoms with Crippen molar-refractivity contribution in [2.24, 2.45) is 0 Å². The molecule has 0 saturated heterocycles. The summed E-state index contributed by atoms with van der Waals surface area (Å²) in [5, 5.41) is 12.8. The first kappa shape index (κ1) is 12.8. The van der Waals surface area contributed by atoms with Gasteiger partial charge in [-0.1, -0.05) is 18.2 Å². The Hall–Kier alpha value is -2.93. The summed E-state index contributed by atoms with van der Waals surface area (Å²) in [5.74, 6) is 0.375. The molecule has 4 aromatic rings. The van der Waals surface area contributed by atoms with Crippen LogP contribution in [0.25, 0.3) is 22.4 Å². The normalized spacial score (nSPS) is 10.9. The maximum Gasteiger partial charge on any atom is 0.278 e. The number of benzene rings is 1. The van der Waals surface area contributed by atoms with E-state index in [0.29, 0.717) is 22.3 Å². The number of hydrogen-bond donors (Lipinski definition) is 2. The number of aromatic nitrogens is 3. The molecule has 3 aromatic heterocycles. The van der Waals surface area contributed by atoms with Gasteiger partial charge in [-0.25, -0.2) is 4.98 Å². The molecule has 0 spiro atoms. The van der Waals surface area contributed by atoms with Crippen molar-refractivity contribution in [2.75, 3.05) is 5.32 Å². The minimum absolute atomic E-state index is 0.294. The van der Waals surface area contributed by atoms with Crippen LogP contribution in [-0.2, 0) is 0 Å². The van der Waals surface area contributed by atoms with Crippen LogP contribution in [0.4, 0.5) is 5.13 Å². The first-order chi connectivity index (χ1) is 10.8. The number of fused-ring (bicyclic) bond motifs is 1. The second-order valence-electron chi connectivity index (χ2n) is 4.59. The lowest BCUT2D eigenvalue weighted by Crippen LogP contribution is -2.12. The number of thiazole rings is 1. The standard InChI is InChI=1S/C15H10N4O2S/c20-14(13-9-4-1-2-5-10(9)18-19-13)17-15-16-11(8-22-15)12-6-3-7-21-12/h1-8H,(H,18,19)(H,16,17,20). The van der Waals surface area contributed by atoms with Gasteiger partial charge in [0, 0.05) is 10.8 Å². The lowest BCUT2D eigenvalue weighted by molar-refractivity contribution is 0.102. The zero-order valence-corrected chi connectivity index (χ0v) is 12.1. The van der Waals surface area contributed by atoms with Gasteiger partial charge in [0.25, 0.3) is 5.91 Å². The van der Waals surface area contributed by atoms with E-state index in [-0.39, 0.29) is 5.91 Å². The fraction of sp³-hybridized carbons (Fsp3) is 0. The van der Waals surface area contributed by atoms with E-state index in [1.807, 2.05) is 35.7 Å². The molecule has 1 amide bonds. The molecule has 1 aromatic carbocycles. The first-order valence-corrected chi connectivity index (χ1v) is 7.43. The van der Waals surface area contributed by atoms with E-state index in [1.54, 1.807) is 12.3 Å². The third-order valence-corrected chi connectivity index (χ3v) is 3.94. The third kappa shape index (κ3) is 2.17. The van der Waals surface area contributed by atoms with E-state index in [4.69, 9.17) is 4.42 Å². The fourth-order valence-corrected chi connectivity index (χ4v) is 2.86. The average molecular weight is 310 g/mol. The molecule has 108 valence electrons. The van der Waals surface area contributed by atoms with Crippen LogP contribution >= 0.6 is 11.3 Å². The summed E-state index contributed by atoms with van der Waals surface area (Å²) in [6, 6.07) is 11.1. The Morgan fingerprint density at radius 2 is 2.14 bits per heavy atom. The number of nitrogens with zero attached hydrogens (tertiary/aromatic N) is 2. The number of aromatic amines is 1. The number of anilines is 1. The maximum absolute atomic E-state index is 12.3. The van der Waals surface area contributed by atoms with Gasteiger partial charge in [-0.2, -0.15) is 5.10 Å². The zero-order valence-electron chi connectivity index (χ0n) is 11.2. The fourth-order valence-electron chi connectivity index (χ4n) is 2.16. The van der Waals surface area contributed by atoms with Crippen LogP contribution in [0.2, 0.25) is 0 Å². The predicted molar refractivity (Wildman–Crippen MR) is 83.9 cm³/mol. The smallest absolute Gasteiger partial charge is 0.278 e. The molecule has 0 atom stereocenters. The number of rotatable bonds is 3. The van der Waals surface area contributed by atoms with Gasteiger partial charge in [-0.3, -0.25) is 15.2 Å². The van der Waals surface area contributed by atoms with E-state index in [1.165, 1.54) is 11.3 Å². The third-order valence-electron chi connectivity index (χ3n) is 3.18. The van der Waals surface area contributed by atoms with Crippen molar-refractivity contribution < 1.29 is 9.21 Å². The Kier molecular flexibility index (Phi) is 2.97. The molecule has 0 fully saturated rings. The molecule has 0 aliphatic carbocycles. The number of H-pyrrole nitrogens is 1. The summed E-state index contributed by atoms with van der Waals surface area (Å²) in [6.45, 7) is 0. The molecular formula is C15H10N4O2S. The minimum atomic E-state index is -0.294. The van der Waals surface area contributed by atoms with Crippen LogP contribution in [0.3, 0.4) is 0 Å². The molecular weight excluding hydrogens is 300 g/mol. The van der Waals surface area contributed by atoms with Crippen molar-refractivity contribution in [3.8, 4) is 11.5 Å². The summed E-state index contributed by atoms with van der Waals surface area (Å²) in [6.07, 6.45) is 1.59. The number of nitrogens with one attached hydrogen (secondary N) is 2. The Bertz CT molecular complexity index is 939. The van der Waals surface area contributed by atoms with Gasteiger partial charge in [0.05, 0.1) is 11.8 Å². The lowest BCUT2D eigenvalue weighted by atomic mass is 10.2. The minimum Gasteiger partial charge on any atom is -0.463 e. The summed E-state index contributed by atoms with van der Waals surface area (Å²) in [4.78, 5) is 16.7. The van der Waals surface area contributed by atoms with Gasteiger partial charge in [0.15, 0.2) is 16.6 Å². The van der Waals surface area contributed by atoms with Crippen LogP contribution in [0.1, 0.15) is 10.5 Å². The molecule has 4 rings (SSSR count). The van der Waals surface area contributed by atoms with E-state index in [9.17, 15) is 4.79 Å². The summed E-state index contributed by atoms with van der Waals surface area (Å²) in [7, 11) is 0. The number of furan rings is 1. The van der Waals surface area contributed by atoms with Gasteiger partial charge in [-0.15, -0.1) is 11.3 Å². The predicted octanol–water partition coefficient (Wildman–Crippen LogP) is 3.53. The van der Waals surface area contributed by atoms with Crippen LogP contribution < -0.4 is 5.32 Å². The maximum atomic E-state index is 12.3. The van der Waals surface area contributed by atoms with E-state index >= 15 is 0 Å². The van der Waals surface area contributed by atoms with Crippen LogP contribution in [0.5, 0.6) is 0 Å². The Balaban J connectivity index is 1.60. The van der Waals surface area contributed by atoms with E-state index < -0.39 is 0 Å². The monoisotopic (exact) mass is 310 g/mol. The average Bonchev–Trinajstić information content (AvgIpc) is 3.27. The summed E-state index contributed by atoms with van der Waals surface area (Å²) < 4.78 is 5.28. The highest BCUT2D eigenvalue weighted by molar-refractivity contribution is 7.14. The van der Waals surface area contributed by atoms with Crippen LogP contribution in [0, 0.1) is 0 Å². The largest absolute Gasteiger partial charge is 0.463 e. The molecule has 0 saturated carbocycles. The lowest BCUT2D eigenvalue weighted by Gasteiger charge is -1.98. The molecule has 0 bridgehead atoms. The highest BCUT2D eigenvalue weighted by Crippen LogP contribution is 2.25. The zero-order chi connectivity index (χ0) is 14.9. The number of para-hydroxylation sites is 1. The highest BCUT2D eigenvalue weighted by Gasteiger charge is 2.16. The molecule has 6 nitrogen and oxygen atoms in total. The second kappa shape index (κ2) is 5.12. The number of hydrogen-bond acceptors (Lipinski definition) is 5. The molecule has 22 heavy (non-hydrogen) atoms. The van der Waals surface area contributed by atoms with Crippen molar-refractivity contribution >= 4 is 33.3 Å². The van der Waals surface area contributed by atoms with E-state index in [0.717, 1.165) is 10.9 Å². The van der Waals surface area contributed by atoms with Crippen molar-refractivity contribution in [3.05, 3.63) is 53.7 Å². The molecule has 7 heteroatoms. The van der Waals surface area contributed by atoms with Gasteiger partial charge in [0.1, 0.15) is 5.69 Å². The van der Waals surface area contributed by atoms with Crippen LogP contribution in [0.15, 0.2) is 52.5 Å². The molecule has 0 unspecified atom stereocenters. The van der Waals surface area contributed by atoms with E-state index in [2.05, 4.69) is 20.5 Å². The Morgan fingerprint density at radius 3 is 3.00 bits per heavy atom. The van der Waals surface area contributed by atoms with Gasteiger partial charge >= 0.3 is 0 Å². The quantitative estimate of drug-likeness (QED) is 0.606. The molecule has 3 heterocycles. The number of amides is 1. The molecule has 0 radical (unpaired) electrons. The molecule has 2 N–H and O–H groups in total. The Labute approximate surface area is 128 Å². The Morgan fingerprint density at radius 1 is 1.23 bits per heavy atom. The van der Waals surface area contributed by atoms with Gasteiger partial charge in [0.2, 0.25) is 0 Å². The van der Waals surface area contributed by atoms with Crippen molar-refractivity contribution in [1.82, 2.24) is 15.2 Å².